The number of fused-ring (bicyclic) bond motifs is 1. The van der Waals surface area contributed by atoms with Gasteiger partial charge in [0.15, 0.2) is 11.5 Å². The first-order valence-electron chi connectivity index (χ1n) is 11.2. The smallest absolute Gasteiger partial charge is 0.252 e. The zero-order valence-corrected chi connectivity index (χ0v) is 19.2. The summed E-state index contributed by atoms with van der Waals surface area (Å²) in [4.78, 5) is 22.0. The molecule has 172 valence electrons. The van der Waals surface area contributed by atoms with E-state index in [1.807, 2.05) is 63.2 Å². The number of anilines is 1. The highest BCUT2D eigenvalue weighted by Crippen LogP contribution is 2.45. The number of phenols is 1. The van der Waals surface area contributed by atoms with Gasteiger partial charge in [-0.3, -0.25) is 4.79 Å². The zero-order chi connectivity index (χ0) is 23.8. The molecule has 5 rings (SSSR count). The fourth-order valence-corrected chi connectivity index (χ4v) is 4.41. The lowest BCUT2D eigenvalue weighted by Gasteiger charge is -2.25. The molecule has 0 aliphatic carbocycles. The van der Waals surface area contributed by atoms with Gasteiger partial charge in [0.25, 0.3) is 5.95 Å². The van der Waals surface area contributed by atoms with E-state index in [0.717, 1.165) is 33.8 Å². The van der Waals surface area contributed by atoms with E-state index in [0.29, 0.717) is 24.1 Å². The molecular formula is C26H25N5O3. The van der Waals surface area contributed by atoms with Gasteiger partial charge in [-0.1, -0.05) is 36.4 Å². The van der Waals surface area contributed by atoms with Gasteiger partial charge in [-0.15, -0.1) is 0 Å². The number of nitrogens with one attached hydrogen (secondary N) is 1. The Morgan fingerprint density at radius 3 is 2.53 bits per heavy atom. The summed E-state index contributed by atoms with van der Waals surface area (Å²) in [6.45, 7) is 6.09. The Balaban J connectivity index is 1.76. The molecule has 8 nitrogen and oxygen atoms in total. The van der Waals surface area contributed by atoms with Crippen LogP contribution in [0.3, 0.4) is 0 Å². The van der Waals surface area contributed by atoms with Gasteiger partial charge < -0.3 is 15.2 Å². The Hall–Kier alpha value is -4.20. The number of aryl methyl sites for hydroxylation is 2. The van der Waals surface area contributed by atoms with E-state index in [2.05, 4.69) is 15.3 Å². The van der Waals surface area contributed by atoms with Gasteiger partial charge in [0, 0.05) is 34.9 Å². The van der Waals surface area contributed by atoms with Crippen molar-refractivity contribution in [2.75, 3.05) is 11.9 Å². The van der Waals surface area contributed by atoms with Crippen molar-refractivity contribution < 1.29 is 14.6 Å². The molecule has 0 bridgehead atoms. The number of aromatic nitrogens is 4. The minimum atomic E-state index is -0.293. The number of aromatic hydroxyl groups is 1. The highest BCUT2D eigenvalue weighted by atomic mass is 16.5. The van der Waals surface area contributed by atoms with Crippen LogP contribution in [-0.2, 0) is 4.79 Å². The quantitative estimate of drug-likeness (QED) is 0.459. The third kappa shape index (κ3) is 3.87. The number of benzene rings is 2. The Kier molecular flexibility index (Phi) is 5.49. The topological polar surface area (TPSA) is 102 Å². The molecule has 0 unspecified atom stereocenters. The summed E-state index contributed by atoms with van der Waals surface area (Å²) in [6.07, 6.45) is 0.239. The Morgan fingerprint density at radius 2 is 1.82 bits per heavy atom. The molecule has 34 heavy (non-hydrogen) atoms. The lowest BCUT2D eigenvalue weighted by molar-refractivity contribution is -0.116. The molecule has 2 aromatic carbocycles. The predicted octanol–water partition coefficient (Wildman–Crippen LogP) is 4.52. The summed E-state index contributed by atoms with van der Waals surface area (Å²) in [6, 6.07) is 17.0. The Bertz CT molecular complexity index is 1360. The molecule has 4 aromatic rings. The van der Waals surface area contributed by atoms with Crippen molar-refractivity contribution in [2.24, 2.45) is 0 Å². The molecule has 1 aliphatic heterocycles. The molecule has 1 amide bonds. The van der Waals surface area contributed by atoms with Crippen molar-refractivity contribution in [1.82, 2.24) is 19.7 Å². The van der Waals surface area contributed by atoms with Crippen LogP contribution in [0.1, 0.15) is 41.8 Å². The molecule has 1 atom stereocenters. The first kappa shape index (κ1) is 21.6. The van der Waals surface area contributed by atoms with Gasteiger partial charge in [0.05, 0.1) is 12.3 Å². The van der Waals surface area contributed by atoms with Gasteiger partial charge in [-0.25, -0.2) is 9.97 Å². The maximum atomic E-state index is 12.9. The van der Waals surface area contributed by atoms with Crippen molar-refractivity contribution in [3.63, 3.8) is 0 Å². The van der Waals surface area contributed by atoms with Crippen molar-refractivity contribution in [3.05, 3.63) is 77.1 Å². The molecule has 0 saturated carbocycles. The molecule has 2 aromatic heterocycles. The minimum Gasteiger partial charge on any atom is -0.504 e. The summed E-state index contributed by atoms with van der Waals surface area (Å²) in [5, 5.41) is 18.1. The molecular weight excluding hydrogens is 430 g/mol. The van der Waals surface area contributed by atoms with Crippen molar-refractivity contribution >= 4 is 11.7 Å². The normalized spacial score (nSPS) is 15.0. The van der Waals surface area contributed by atoms with Crippen LogP contribution in [0.15, 0.2) is 54.6 Å². The van der Waals surface area contributed by atoms with E-state index in [-0.39, 0.29) is 24.0 Å². The summed E-state index contributed by atoms with van der Waals surface area (Å²) in [7, 11) is 0. The minimum absolute atomic E-state index is 0.0636. The highest BCUT2D eigenvalue weighted by molar-refractivity contribution is 5.96. The largest absolute Gasteiger partial charge is 0.504 e. The molecule has 3 heterocycles. The van der Waals surface area contributed by atoms with E-state index >= 15 is 0 Å². The summed E-state index contributed by atoms with van der Waals surface area (Å²) >= 11 is 0. The Morgan fingerprint density at radius 1 is 1.09 bits per heavy atom. The number of carbonyl (C=O) groups excluding carboxylic acids is 1. The van der Waals surface area contributed by atoms with E-state index in [9.17, 15) is 9.90 Å². The first-order chi connectivity index (χ1) is 16.4. The third-order valence-electron chi connectivity index (χ3n) is 5.81. The van der Waals surface area contributed by atoms with E-state index < -0.39 is 0 Å². The number of carbonyl (C=O) groups is 1. The van der Waals surface area contributed by atoms with Crippen LogP contribution in [0.5, 0.6) is 11.5 Å². The highest BCUT2D eigenvalue weighted by Gasteiger charge is 2.35. The van der Waals surface area contributed by atoms with Gasteiger partial charge in [0.2, 0.25) is 5.91 Å². The second-order valence-corrected chi connectivity index (χ2v) is 8.30. The Labute approximate surface area is 197 Å². The van der Waals surface area contributed by atoms with Crippen molar-refractivity contribution in [3.8, 4) is 28.7 Å². The molecule has 0 spiro atoms. The SMILES string of the molecule is CCOc1cc([C@@H]2CC(=O)Nc3c2c(-c2ccccc2)nn3-c2nc(C)cc(C)n2)ccc1O. The van der Waals surface area contributed by atoms with Crippen LogP contribution in [0.2, 0.25) is 0 Å². The third-order valence-corrected chi connectivity index (χ3v) is 5.81. The van der Waals surface area contributed by atoms with Crippen LogP contribution < -0.4 is 10.1 Å². The fourth-order valence-electron chi connectivity index (χ4n) is 4.41. The maximum absolute atomic E-state index is 12.9. The van der Waals surface area contributed by atoms with Gasteiger partial charge in [-0.05, 0) is 44.5 Å². The molecule has 0 saturated heterocycles. The second kappa shape index (κ2) is 8.62. The van der Waals surface area contributed by atoms with Crippen LogP contribution in [0, 0.1) is 13.8 Å². The molecule has 2 N–H and O–H groups in total. The predicted molar refractivity (Wildman–Crippen MR) is 128 cm³/mol. The van der Waals surface area contributed by atoms with Gasteiger partial charge in [0.1, 0.15) is 5.82 Å². The van der Waals surface area contributed by atoms with Crippen molar-refractivity contribution in [2.45, 2.75) is 33.1 Å². The molecule has 8 heteroatoms. The number of amides is 1. The lowest BCUT2D eigenvalue weighted by Crippen LogP contribution is -2.25. The summed E-state index contributed by atoms with van der Waals surface area (Å²) in [5.41, 5.74) is 5.02. The van der Waals surface area contributed by atoms with Gasteiger partial charge >= 0.3 is 0 Å². The van der Waals surface area contributed by atoms with Crippen LogP contribution >= 0.6 is 0 Å². The number of hydrogen-bond donors (Lipinski definition) is 2. The van der Waals surface area contributed by atoms with E-state index in [4.69, 9.17) is 9.84 Å². The second-order valence-electron chi connectivity index (χ2n) is 8.30. The number of nitrogens with zero attached hydrogens (tertiary/aromatic N) is 4. The first-order valence-corrected chi connectivity index (χ1v) is 11.2. The average molecular weight is 456 g/mol. The van der Waals surface area contributed by atoms with E-state index in [1.165, 1.54) is 0 Å². The average Bonchev–Trinajstić information content (AvgIpc) is 3.19. The van der Waals surface area contributed by atoms with Crippen LogP contribution in [0.25, 0.3) is 17.2 Å². The summed E-state index contributed by atoms with van der Waals surface area (Å²) in [5.74, 6) is 0.980. The number of hydrogen-bond acceptors (Lipinski definition) is 6. The van der Waals surface area contributed by atoms with Crippen molar-refractivity contribution in [1.29, 1.82) is 0 Å². The monoisotopic (exact) mass is 455 g/mol. The van der Waals surface area contributed by atoms with E-state index in [1.54, 1.807) is 16.8 Å². The number of phenolic OH excluding ortho intramolecular Hbond substituents is 1. The van der Waals surface area contributed by atoms with Crippen LogP contribution in [0.4, 0.5) is 5.82 Å². The fraction of sp³-hybridized carbons (Fsp3) is 0.231. The number of rotatable bonds is 5. The molecule has 0 fully saturated rings. The van der Waals surface area contributed by atoms with Crippen LogP contribution in [-0.4, -0.2) is 37.4 Å². The number of ether oxygens (including phenoxy) is 1. The summed E-state index contributed by atoms with van der Waals surface area (Å²) < 4.78 is 7.22. The molecule has 0 radical (unpaired) electrons. The van der Waals surface area contributed by atoms with Gasteiger partial charge in [-0.2, -0.15) is 9.78 Å². The lowest BCUT2D eigenvalue weighted by atomic mass is 9.84. The standard InChI is InChI=1S/C26H25N5O3/c1-4-34-21-13-18(10-11-20(21)32)19-14-22(33)29-25-23(19)24(17-8-6-5-7-9-17)30-31(25)26-27-15(2)12-16(3)28-26/h5-13,19,32H,4,14H2,1-3H3,(H,29,33)/t19-/m0/s1. The zero-order valence-electron chi connectivity index (χ0n) is 19.2. The maximum Gasteiger partial charge on any atom is 0.252 e. The molecule has 1 aliphatic rings.